The highest BCUT2D eigenvalue weighted by atomic mass is 32.1. The van der Waals surface area contributed by atoms with Crippen LogP contribution in [0.15, 0.2) is 34.6 Å². The summed E-state index contributed by atoms with van der Waals surface area (Å²) < 4.78 is 0. The molecule has 152 valence electrons. The van der Waals surface area contributed by atoms with Crippen LogP contribution in [-0.2, 0) is 19.5 Å². The van der Waals surface area contributed by atoms with Crippen molar-refractivity contribution in [2.75, 3.05) is 26.7 Å². The first-order valence-electron chi connectivity index (χ1n) is 10.3. The third-order valence-electron chi connectivity index (χ3n) is 5.48. The Balaban J connectivity index is 1.37. The van der Waals surface area contributed by atoms with Crippen molar-refractivity contribution in [3.63, 3.8) is 0 Å². The number of piperidine rings is 1. The average molecular weight is 400 g/mol. The van der Waals surface area contributed by atoms with Gasteiger partial charge in [0, 0.05) is 32.1 Å². The topological polar surface area (TPSA) is 52.6 Å². The first-order valence-corrected chi connectivity index (χ1v) is 11.2. The molecular formula is C22H33N5S. The number of guanidine groups is 1. The van der Waals surface area contributed by atoms with Gasteiger partial charge >= 0.3 is 0 Å². The molecule has 1 fully saturated rings. The maximum Gasteiger partial charge on any atom is 0.191 e. The Morgan fingerprint density at radius 2 is 2.04 bits per heavy atom. The summed E-state index contributed by atoms with van der Waals surface area (Å²) in [6.45, 7) is 9.41. The van der Waals surface area contributed by atoms with Gasteiger partial charge in [-0.1, -0.05) is 31.2 Å². The van der Waals surface area contributed by atoms with E-state index in [1.165, 1.54) is 34.7 Å². The van der Waals surface area contributed by atoms with Gasteiger partial charge in [0.05, 0.1) is 10.7 Å². The highest BCUT2D eigenvalue weighted by molar-refractivity contribution is 7.09. The standard InChI is InChI=1S/C22H33N5S/c1-4-21-26-20(16-28-21)15-27-11-9-18(10-12-27)13-24-22(23-3)25-14-19-8-6-5-7-17(19)2/h5-8,16,18H,4,9-15H2,1-3H3,(H2,23,24,25). The molecule has 1 aromatic carbocycles. The normalized spacial score (nSPS) is 16.3. The van der Waals surface area contributed by atoms with Crippen molar-refractivity contribution in [3.05, 3.63) is 51.5 Å². The Morgan fingerprint density at radius 3 is 2.71 bits per heavy atom. The zero-order valence-corrected chi connectivity index (χ0v) is 18.2. The largest absolute Gasteiger partial charge is 0.356 e. The molecule has 0 radical (unpaired) electrons. The molecule has 2 heterocycles. The molecule has 3 rings (SSSR count). The lowest BCUT2D eigenvalue weighted by Gasteiger charge is -2.31. The van der Waals surface area contributed by atoms with Gasteiger partial charge in [-0.3, -0.25) is 9.89 Å². The zero-order valence-electron chi connectivity index (χ0n) is 17.4. The van der Waals surface area contributed by atoms with Crippen LogP contribution in [0.1, 0.15) is 41.6 Å². The third-order valence-corrected chi connectivity index (χ3v) is 6.53. The molecule has 1 aromatic heterocycles. The smallest absolute Gasteiger partial charge is 0.191 e. The summed E-state index contributed by atoms with van der Waals surface area (Å²) in [6.07, 6.45) is 3.50. The Bertz CT molecular complexity index is 762. The van der Waals surface area contributed by atoms with Crippen molar-refractivity contribution in [3.8, 4) is 0 Å². The van der Waals surface area contributed by atoms with E-state index in [1.54, 1.807) is 11.3 Å². The minimum Gasteiger partial charge on any atom is -0.356 e. The summed E-state index contributed by atoms with van der Waals surface area (Å²) >= 11 is 1.79. The molecule has 0 aliphatic carbocycles. The number of aliphatic imine (C=N–C) groups is 1. The molecule has 0 unspecified atom stereocenters. The first kappa shape index (κ1) is 20.8. The summed E-state index contributed by atoms with van der Waals surface area (Å²) in [4.78, 5) is 11.6. The van der Waals surface area contributed by atoms with Crippen LogP contribution in [0.4, 0.5) is 0 Å². The fraction of sp³-hybridized carbons (Fsp3) is 0.545. The predicted octanol–water partition coefficient (Wildman–Crippen LogP) is 3.59. The van der Waals surface area contributed by atoms with Crippen LogP contribution in [0.3, 0.4) is 0 Å². The number of nitrogens with zero attached hydrogens (tertiary/aromatic N) is 3. The minimum atomic E-state index is 0.704. The Kier molecular flexibility index (Phi) is 7.86. The van der Waals surface area contributed by atoms with Gasteiger partial charge in [-0.25, -0.2) is 4.98 Å². The number of aryl methyl sites for hydroxylation is 2. The van der Waals surface area contributed by atoms with Crippen LogP contribution in [0, 0.1) is 12.8 Å². The van der Waals surface area contributed by atoms with E-state index in [9.17, 15) is 0 Å². The van der Waals surface area contributed by atoms with E-state index in [1.807, 2.05) is 7.05 Å². The van der Waals surface area contributed by atoms with Crippen molar-refractivity contribution in [1.82, 2.24) is 20.5 Å². The van der Waals surface area contributed by atoms with Gasteiger partial charge in [0.1, 0.15) is 0 Å². The van der Waals surface area contributed by atoms with Crippen molar-refractivity contribution in [2.24, 2.45) is 10.9 Å². The number of aromatic nitrogens is 1. The minimum absolute atomic E-state index is 0.704. The monoisotopic (exact) mass is 399 g/mol. The molecule has 5 nitrogen and oxygen atoms in total. The quantitative estimate of drug-likeness (QED) is 0.552. The molecule has 6 heteroatoms. The molecule has 2 N–H and O–H groups in total. The molecule has 1 aliphatic rings. The number of rotatable bonds is 7. The van der Waals surface area contributed by atoms with Crippen LogP contribution >= 0.6 is 11.3 Å². The van der Waals surface area contributed by atoms with E-state index in [2.05, 4.69) is 64.0 Å². The number of benzene rings is 1. The lowest BCUT2D eigenvalue weighted by Crippen LogP contribution is -2.42. The van der Waals surface area contributed by atoms with Crippen molar-refractivity contribution in [1.29, 1.82) is 0 Å². The molecule has 2 aromatic rings. The maximum atomic E-state index is 4.70. The van der Waals surface area contributed by atoms with Gasteiger partial charge in [-0.05, 0) is 56.3 Å². The van der Waals surface area contributed by atoms with Gasteiger partial charge in [0.15, 0.2) is 5.96 Å². The summed E-state index contributed by atoms with van der Waals surface area (Å²) in [5.41, 5.74) is 3.86. The second-order valence-corrected chi connectivity index (χ2v) is 8.48. The van der Waals surface area contributed by atoms with Crippen LogP contribution < -0.4 is 10.6 Å². The van der Waals surface area contributed by atoms with E-state index in [0.717, 1.165) is 45.1 Å². The summed E-state index contributed by atoms with van der Waals surface area (Å²) in [6, 6.07) is 8.48. The van der Waals surface area contributed by atoms with E-state index >= 15 is 0 Å². The molecule has 0 spiro atoms. The molecule has 0 bridgehead atoms. The lowest BCUT2D eigenvalue weighted by atomic mass is 9.97. The molecular weight excluding hydrogens is 366 g/mol. The molecule has 1 aliphatic heterocycles. The Labute approximate surface area is 173 Å². The fourth-order valence-electron chi connectivity index (χ4n) is 3.61. The number of hydrogen-bond acceptors (Lipinski definition) is 4. The van der Waals surface area contributed by atoms with Crippen LogP contribution in [0.25, 0.3) is 0 Å². The van der Waals surface area contributed by atoms with Crippen molar-refractivity contribution in [2.45, 2.75) is 46.2 Å². The van der Waals surface area contributed by atoms with Crippen LogP contribution in [-0.4, -0.2) is 42.5 Å². The lowest BCUT2D eigenvalue weighted by molar-refractivity contribution is 0.176. The predicted molar refractivity (Wildman–Crippen MR) is 119 cm³/mol. The molecule has 0 amide bonds. The van der Waals surface area contributed by atoms with Crippen LogP contribution in [0.2, 0.25) is 0 Å². The Morgan fingerprint density at radius 1 is 1.25 bits per heavy atom. The Hall–Kier alpha value is -1.92. The number of hydrogen-bond donors (Lipinski definition) is 2. The van der Waals surface area contributed by atoms with Crippen LogP contribution in [0.5, 0.6) is 0 Å². The van der Waals surface area contributed by atoms with Gasteiger partial charge < -0.3 is 10.6 Å². The summed E-state index contributed by atoms with van der Waals surface area (Å²) in [5.74, 6) is 1.59. The number of nitrogens with one attached hydrogen (secondary N) is 2. The summed E-state index contributed by atoms with van der Waals surface area (Å²) in [5, 5.41) is 10.4. The highest BCUT2D eigenvalue weighted by Gasteiger charge is 2.20. The first-order chi connectivity index (χ1) is 13.7. The molecule has 28 heavy (non-hydrogen) atoms. The third kappa shape index (κ3) is 6.04. The highest BCUT2D eigenvalue weighted by Crippen LogP contribution is 2.19. The molecule has 1 saturated heterocycles. The van der Waals surface area contributed by atoms with Crippen molar-refractivity contribution < 1.29 is 0 Å². The second-order valence-electron chi connectivity index (χ2n) is 7.54. The van der Waals surface area contributed by atoms with Gasteiger partial charge in [-0.15, -0.1) is 11.3 Å². The number of likely N-dealkylation sites (tertiary alicyclic amines) is 1. The van der Waals surface area contributed by atoms with Gasteiger partial charge in [-0.2, -0.15) is 0 Å². The van der Waals surface area contributed by atoms with Gasteiger partial charge in [0.2, 0.25) is 0 Å². The zero-order chi connectivity index (χ0) is 19.8. The fourth-order valence-corrected chi connectivity index (χ4v) is 4.35. The van der Waals surface area contributed by atoms with Crippen molar-refractivity contribution >= 4 is 17.3 Å². The molecule has 0 saturated carbocycles. The van der Waals surface area contributed by atoms with Gasteiger partial charge in [0.25, 0.3) is 0 Å². The van der Waals surface area contributed by atoms with E-state index in [-0.39, 0.29) is 0 Å². The maximum absolute atomic E-state index is 4.70. The summed E-state index contributed by atoms with van der Waals surface area (Å²) in [7, 11) is 1.84. The van der Waals surface area contributed by atoms with E-state index in [0.29, 0.717) is 5.92 Å². The number of thiazole rings is 1. The SMILES string of the molecule is CCc1nc(CN2CCC(CNC(=NC)NCc3ccccc3C)CC2)cs1. The molecule has 0 atom stereocenters. The second kappa shape index (κ2) is 10.6. The van der Waals surface area contributed by atoms with E-state index in [4.69, 9.17) is 4.98 Å². The van der Waals surface area contributed by atoms with E-state index < -0.39 is 0 Å². The average Bonchev–Trinajstić information content (AvgIpc) is 3.18.